The highest BCUT2D eigenvalue weighted by Crippen LogP contribution is 2.28. The van der Waals surface area contributed by atoms with Crippen LogP contribution in [0.4, 0.5) is 0 Å². The number of hydrogen-bond donors (Lipinski definition) is 2. The first-order chi connectivity index (χ1) is 9.29. The topological polar surface area (TPSA) is 55.5 Å². The molecule has 1 aromatic carbocycles. The Balaban J connectivity index is 2.87. The van der Waals surface area contributed by atoms with Gasteiger partial charge in [-0.2, -0.15) is 0 Å². The quantitative estimate of drug-likeness (QED) is 0.841. The van der Waals surface area contributed by atoms with Crippen molar-refractivity contribution in [1.82, 2.24) is 0 Å². The highest BCUT2D eigenvalue weighted by molar-refractivity contribution is 5.38. The molecule has 3 heteroatoms. The van der Waals surface area contributed by atoms with Crippen LogP contribution in [0.25, 0.3) is 0 Å². The van der Waals surface area contributed by atoms with Crippen molar-refractivity contribution in [3.63, 3.8) is 0 Å². The molecular formula is C17H29NO2. The number of hydrogen-bond acceptors (Lipinski definition) is 3. The van der Waals surface area contributed by atoms with Crippen LogP contribution in [0.5, 0.6) is 5.75 Å². The van der Waals surface area contributed by atoms with Gasteiger partial charge in [-0.1, -0.05) is 46.2 Å². The van der Waals surface area contributed by atoms with Gasteiger partial charge < -0.3 is 15.6 Å². The number of aliphatic hydroxyl groups excluding tert-OH is 1. The van der Waals surface area contributed by atoms with E-state index in [-0.39, 0.29) is 24.2 Å². The molecule has 2 atom stereocenters. The Morgan fingerprint density at radius 1 is 1.30 bits per heavy atom. The number of aryl methyl sites for hydroxylation is 1. The second-order valence-corrected chi connectivity index (χ2v) is 6.52. The molecule has 0 saturated carbocycles. The van der Waals surface area contributed by atoms with Crippen molar-refractivity contribution < 1.29 is 9.84 Å². The third-order valence-electron chi connectivity index (χ3n) is 3.60. The molecule has 0 aromatic heterocycles. The second-order valence-electron chi connectivity index (χ2n) is 6.52. The van der Waals surface area contributed by atoms with E-state index < -0.39 is 0 Å². The Morgan fingerprint density at radius 3 is 2.40 bits per heavy atom. The van der Waals surface area contributed by atoms with Crippen LogP contribution in [-0.4, -0.2) is 23.9 Å². The van der Waals surface area contributed by atoms with Crippen LogP contribution >= 0.6 is 0 Å². The lowest BCUT2D eigenvalue weighted by atomic mass is 9.86. The Labute approximate surface area is 123 Å². The number of nitrogens with two attached hydrogens (primary N) is 1. The summed E-state index contributed by atoms with van der Waals surface area (Å²) >= 11 is 0. The zero-order valence-electron chi connectivity index (χ0n) is 13.4. The largest absolute Gasteiger partial charge is 0.486 e. The third-order valence-corrected chi connectivity index (χ3v) is 3.60. The Bertz CT molecular complexity index is 423. The first-order valence-electron chi connectivity index (χ1n) is 7.43. The highest BCUT2D eigenvalue weighted by Gasteiger charge is 2.20. The molecule has 20 heavy (non-hydrogen) atoms. The van der Waals surface area contributed by atoms with Crippen LogP contribution in [0.15, 0.2) is 18.2 Å². The number of rotatable bonds is 6. The fourth-order valence-corrected chi connectivity index (χ4v) is 2.19. The predicted molar refractivity (Wildman–Crippen MR) is 84.3 cm³/mol. The Morgan fingerprint density at radius 2 is 1.95 bits per heavy atom. The van der Waals surface area contributed by atoms with Gasteiger partial charge in [0.15, 0.2) is 0 Å². The van der Waals surface area contributed by atoms with Crippen molar-refractivity contribution in [2.45, 2.75) is 65.0 Å². The standard InChI is InChI=1S/C17H29NO2/c1-6-7-14(18)16(11-19)20-15-9-8-13(10-12(15)2)17(3,4)5/h8-10,14,16,19H,6-7,11,18H2,1-5H3. The van der Waals surface area contributed by atoms with E-state index >= 15 is 0 Å². The van der Waals surface area contributed by atoms with Crippen molar-refractivity contribution in [1.29, 1.82) is 0 Å². The summed E-state index contributed by atoms with van der Waals surface area (Å²) < 4.78 is 5.90. The van der Waals surface area contributed by atoms with Gasteiger partial charge in [0.25, 0.3) is 0 Å². The molecule has 1 rings (SSSR count). The van der Waals surface area contributed by atoms with Gasteiger partial charge in [-0.15, -0.1) is 0 Å². The van der Waals surface area contributed by atoms with Gasteiger partial charge in [0.2, 0.25) is 0 Å². The maximum Gasteiger partial charge on any atom is 0.137 e. The zero-order chi connectivity index (χ0) is 15.3. The summed E-state index contributed by atoms with van der Waals surface area (Å²) in [6.07, 6.45) is 1.50. The maximum absolute atomic E-state index is 9.45. The average molecular weight is 279 g/mol. The molecule has 3 N–H and O–H groups in total. The van der Waals surface area contributed by atoms with Gasteiger partial charge >= 0.3 is 0 Å². The van der Waals surface area contributed by atoms with Crippen LogP contribution in [0, 0.1) is 6.92 Å². The summed E-state index contributed by atoms with van der Waals surface area (Å²) in [5, 5.41) is 9.45. The fourth-order valence-electron chi connectivity index (χ4n) is 2.19. The molecule has 114 valence electrons. The zero-order valence-corrected chi connectivity index (χ0v) is 13.4. The van der Waals surface area contributed by atoms with Crippen LogP contribution in [0.2, 0.25) is 0 Å². The molecule has 0 aliphatic heterocycles. The summed E-state index contributed by atoms with van der Waals surface area (Å²) in [5.41, 5.74) is 8.54. The second kappa shape index (κ2) is 7.09. The monoisotopic (exact) mass is 279 g/mol. The fraction of sp³-hybridized carbons (Fsp3) is 0.647. The van der Waals surface area contributed by atoms with Gasteiger partial charge in [0.05, 0.1) is 6.61 Å². The van der Waals surface area contributed by atoms with E-state index in [0.717, 1.165) is 24.2 Å². The Kier molecular flexibility index (Phi) is 6.03. The van der Waals surface area contributed by atoms with Crippen molar-refractivity contribution in [3.8, 4) is 5.75 Å². The summed E-state index contributed by atoms with van der Waals surface area (Å²) in [6, 6.07) is 6.08. The number of ether oxygens (including phenoxy) is 1. The summed E-state index contributed by atoms with van der Waals surface area (Å²) in [7, 11) is 0. The molecular weight excluding hydrogens is 250 g/mol. The van der Waals surface area contributed by atoms with E-state index in [1.807, 2.05) is 13.0 Å². The normalized spacial score (nSPS) is 14.9. The molecule has 0 fully saturated rings. The minimum absolute atomic E-state index is 0.0539. The SMILES string of the molecule is CCCC(N)C(CO)Oc1ccc(C(C)(C)C)cc1C. The van der Waals surface area contributed by atoms with Crippen molar-refractivity contribution in [2.24, 2.45) is 5.73 Å². The van der Waals surface area contributed by atoms with E-state index in [1.54, 1.807) is 0 Å². The smallest absolute Gasteiger partial charge is 0.137 e. The minimum atomic E-state index is -0.339. The summed E-state index contributed by atoms with van der Waals surface area (Å²) in [5.74, 6) is 0.809. The molecule has 0 spiro atoms. The lowest BCUT2D eigenvalue weighted by molar-refractivity contribution is 0.0910. The van der Waals surface area contributed by atoms with E-state index in [4.69, 9.17) is 10.5 Å². The average Bonchev–Trinajstić information content (AvgIpc) is 2.36. The molecule has 0 saturated heterocycles. The predicted octanol–water partition coefficient (Wildman–Crippen LogP) is 3.16. The lowest BCUT2D eigenvalue weighted by Crippen LogP contribution is -2.41. The first kappa shape index (κ1) is 17.0. The van der Waals surface area contributed by atoms with Gasteiger partial charge in [-0.25, -0.2) is 0 Å². The molecule has 0 bridgehead atoms. The van der Waals surface area contributed by atoms with Crippen LogP contribution < -0.4 is 10.5 Å². The summed E-state index contributed by atoms with van der Waals surface area (Å²) in [6.45, 7) is 10.6. The van der Waals surface area contributed by atoms with Gasteiger partial charge in [-0.3, -0.25) is 0 Å². The van der Waals surface area contributed by atoms with E-state index in [2.05, 4.69) is 39.8 Å². The van der Waals surface area contributed by atoms with Gasteiger partial charge in [0.1, 0.15) is 11.9 Å². The van der Waals surface area contributed by atoms with Crippen molar-refractivity contribution >= 4 is 0 Å². The number of aliphatic hydroxyl groups is 1. The molecule has 0 amide bonds. The first-order valence-corrected chi connectivity index (χ1v) is 7.43. The van der Waals surface area contributed by atoms with Crippen LogP contribution in [0.1, 0.15) is 51.7 Å². The minimum Gasteiger partial charge on any atom is -0.486 e. The van der Waals surface area contributed by atoms with E-state index in [9.17, 15) is 5.11 Å². The molecule has 2 unspecified atom stereocenters. The van der Waals surface area contributed by atoms with Gasteiger partial charge in [-0.05, 0) is 36.0 Å². The third kappa shape index (κ3) is 4.50. The van der Waals surface area contributed by atoms with Crippen molar-refractivity contribution in [2.75, 3.05) is 6.61 Å². The molecule has 3 nitrogen and oxygen atoms in total. The number of benzene rings is 1. The molecule has 0 heterocycles. The maximum atomic E-state index is 9.45. The van der Waals surface area contributed by atoms with Gasteiger partial charge in [0, 0.05) is 6.04 Å². The highest BCUT2D eigenvalue weighted by atomic mass is 16.5. The Hall–Kier alpha value is -1.06. The van der Waals surface area contributed by atoms with Crippen LogP contribution in [-0.2, 0) is 5.41 Å². The molecule has 0 aliphatic rings. The molecule has 0 aliphatic carbocycles. The van der Waals surface area contributed by atoms with Crippen LogP contribution in [0.3, 0.4) is 0 Å². The lowest BCUT2D eigenvalue weighted by Gasteiger charge is -2.25. The molecule has 1 aromatic rings. The van der Waals surface area contributed by atoms with Crippen molar-refractivity contribution in [3.05, 3.63) is 29.3 Å². The van der Waals surface area contributed by atoms with E-state index in [1.165, 1.54) is 5.56 Å². The molecule has 0 radical (unpaired) electrons. The summed E-state index contributed by atoms with van der Waals surface area (Å²) in [4.78, 5) is 0. The van der Waals surface area contributed by atoms with E-state index in [0.29, 0.717) is 0 Å².